The molecule has 0 aromatic heterocycles. The van der Waals surface area contributed by atoms with Gasteiger partial charge in [-0.3, -0.25) is 0 Å². The molecule has 0 saturated heterocycles. The first-order valence-corrected chi connectivity index (χ1v) is 45.3. The third kappa shape index (κ3) is 4.82. The first kappa shape index (κ1) is 46.9. The molecule has 12 atom stereocenters. The Balaban J connectivity index is 1.64. The van der Waals surface area contributed by atoms with E-state index in [1.54, 1.807) is 0 Å². The maximum absolute atomic E-state index is 8.30. The van der Waals surface area contributed by atoms with Crippen LogP contribution in [0.15, 0.2) is 0 Å². The first-order chi connectivity index (χ1) is 25.7. The highest BCUT2D eigenvalue weighted by Gasteiger charge is 3.46. The van der Waals surface area contributed by atoms with Gasteiger partial charge in [-0.2, -0.15) is 0 Å². The van der Waals surface area contributed by atoms with Crippen LogP contribution in [0.2, 0.25) is 116 Å². The molecule has 0 heterocycles. The van der Waals surface area contributed by atoms with Gasteiger partial charge in [0.05, 0.1) is 0 Å². The van der Waals surface area contributed by atoms with E-state index in [1.165, 1.54) is 19.3 Å². The van der Waals surface area contributed by atoms with Crippen LogP contribution < -0.4 is 0 Å². The van der Waals surface area contributed by atoms with Crippen LogP contribution in [0, 0.1) is 23.7 Å². The van der Waals surface area contributed by atoms with E-state index in [0.717, 1.165) is 54.6 Å². The minimum Gasteiger partial charge on any atom is -0.410 e. The zero-order chi connectivity index (χ0) is 42.2. The summed E-state index contributed by atoms with van der Waals surface area (Å²) in [5.74, 6) is 3.15. The number of hydrogen-bond acceptors (Lipinski definition) is 8. The molecule has 7 saturated carbocycles. The Morgan fingerprint density at radius 2 is 0.679 bits per heavy atom. The lowest BCUT2D eigenvalue weighted by molar-refractivity contribution is -0.837. The van der Waals surface area contributed by atoms with E-state index in [2.05, 4.69) is 133 Å². The second-order valence-corrected chi connectivity index (χ2v) is 46.8. The van der Waals surface area contributed by atoms with E-state index in [-0.39, 0.29) is 0 Å². The zero-order valence-electron chi connectivity index (χ0n) is 39.9. The lowest BCUT2D eigenvalue weighted by Crippen LogP contribution is -3.53. The summed E-state index contributed by atoms with van der Waals surface area (Å²) in [6.45, 7) is 47.4. The van der Waals surface area contributed by atoms with Crippen LogP contribution in [0.3, 0.4) is 0 Å². The average molecular weight is 920 g/mol. The molecule has 8 nitrogen and oxygen atoms in total. The highest BCUT2D eigenvalue weighted by molar-refractivity contribution is 6.74. The number of hydrogen-bond donors (Lipinski definition) is 0. The van der Waals surface area contributed by atoms with Crippen LogP contribution in [0.4, 0.5) is 0 Å². The van der Waals surface area contributed by atoms with Crippen LogP contribution in [0.25, 0.3) is 0 Å². The van der Waals surface area contributed by atoms with E-state index in [4.69, 9.17) is 35.4 Å². The van der Waals surface area contributed by atoms with Crippen molar-refractivity contribution in [2.45, 2.75) is 228 Å². The van der Waals surface area contributed by atoms with Crippen molar-refractivity contribution in [2.75, 3.05) is 0 Å². The van der Waals surface area contributed by atoms with Gasteiger partial charge in [0.2, 0.25) is 0 Å². The minimum absolute atomic E-state index is 0.762. The van der Waals surface area contributed by atoms with Crippen LogP contribution in [0.1, 0.15) is 66.7 Å². The van der Waals surface area contributed by atoms with E-state index in [9.17, 15) is 0 Å². The molecular weight excluding hydrogens is 833 g/mol. The lowest BCUT2D eigenvalue weighted by atomic mass is 8.87. The minimum atomic E-state index is -2.43. The van der Waals surface area contributed by atoms with Crippen molar-refractivity contribution >= 4 is 70.9 Å². The van der Waals surface area contributed by atoms with Gasteiger partial charge >= 0.3 is 0 Å². The highest BCUT2D eigenvalue weighted by Crippen LogP contribution is 3.16. The highest BCUT2D eigenvalue weighted by atomic mass is 28.4. The molecule has 0 bridgehead atoms. The maximum atomic E-state index is 8.30. The van der Waals surface area contributed by atoms with Gasteiger partial charge in [-0.15, -0.1) is 0 Å². The third-order valence-electron chi connectivity index (χ3n) is 15.4. The summed E-state index contributed by atoms with van der Waals surface area (Å²) in [4.78, 5) is 0. The Bertz CT molecular complexity index is 1510. The monoisotopic (exact) mass is 918 g/mol. The molecular formula is C40H86O8Si8. The second-order valence-electron chi connectivity index (χ2n) is 22.6. The summed E-state index contributed by atoms with van der Waals surface area (Å²) >= 11 is 0. The molecule has 56 heavy (non-hydrogen) atoms. The van der Waals surface area contributed by atoms with E-state index < -0.39 is 116 Å². The molecule has 7 aliphatic rings. The van der Waals surface area contributed by atoms with E-state index in [0.29, 0.717) is 0 Å². The largest absolute Gasteiger partial charge is 0.410 e. The van der Waals surface area contributed by atoms with Gasteiger partial charge in [-0.1, -0.05) is 86.4 Å². The molecule has 0 aliphatic heterocycles. The Labute approximate surface area is 355 Å². The van der Waals surface area contributed by atoms with Crippen molar-refractivity contribution in [1.29, 1.82) is 0 Å². The third-order valence-corrected chi connectivity index (χ3v) is 26.9. The van der Waals surface area contributed by atoms with Gasteiger partial charge < -0.3 is 35.4 Å². The Hall–Kier alpha value is 1.42. The van der Waals surface area contributed by atoms with Crippen LogP contribution in [-0.2, 0) is 35.4 Å². The molecule has 0 aromatic rings. The predicted molar refractivity (Wildman–Crippen MR) is 253 cm³/mol. The van der Waals surface area contributed by atoms with Crippen molar-refractivity contribution in [1.82, 2.24) is 0 Å². The SMILES string of the molecule is CCCC1C(C)C(C)C1CC[Si](C)(C)OC12C3(O[SiH2]C)C4(O[SiH2]C)C1(O[SiH2]C)C1(O[Si](C)(C)CCC)C2(O[Si](C)(C)C)C3(O[Si](C)(C)C)C41O[Si](C)(C)CCC. The summed E-state index contributed by atoms with van der Waals surface area (Å²) in [6.07, 6.45) is 5.97. The topological polar surface area (TPSA) is 73.8 Å². The van der Waals surface area contributed by atoms with Crippen LogP contribution >= 0.6 is 0 Å². The zero-order valence-corrected chi connectivity index (χ0v) is 49.1. The van der Waals surface area contributed by atoms with Crippen molar-refractivity contribution < 1.29 is 35.4 Å². The standard InChI is InChI=1S/C40H86O8Si8/c1-21-24-31-29(4)30(5)32(31)25-28-56(19,20)46-36-34(42-50-7)33(41-49-6)35(36,43-51-8)39(48-55(17,18)27-23-3)38(33,47-54(15,16)26-22-2)37(34,44-52(9,10)11)40(36,39)45-53(12,13)14/h29-32H,21-28,49-51H2,1-20H3. The van der Waals surface area contributed by atoms with Crippen LogP contribution in [0.5, 0.6) is 0 Å². The first-order valence-electron chi connectivity index (χ1n) is 23.1. The van der Waals surface area contributed by atoms with Crippen LogP contribution in [-0.4, -0.2) is 116 Å². The van der Waals surface area contributed by atoms with E-state index >= 15 is 0 Å². The fraction of sp³-hybridized carbons (Fsp3) is 1.00. The summed E-state index contributed by atoms with van der Waals surface area (Å²) in [5.41, 5.74) is -7.00. The van der Waals surface area contributed by atoms with Crippen molar-refractivity contribution in [3.8, 4) is 0 Å². The fourth-order valence-corrected chi connectivity index (χ4v) is 28.3. The Morgan fingerprint density at radius 3 is 1.00 bits per heavy atom. The normalized spacial score (nSPS) is 45.2. The van der Waals surface area contributed by atoms with E-state index in [1.807, 2.05) is 0 Å². The van der Waals surface area contributed by atoms with Crippen molar-refractivity contribution in [3.05, 3.63) is 0 Å². The molecule has 0 aromatic carbocycles. The van der Waals surface area contributed by atoms with Gasteiger partial charge in [0, 0.05) is 0 Å². The summed E-state index contributed by atoms with van der Waals surface area (Å²) in [7, 11) is -14.8. The Kier molecular flexibility index (Phi) is 11.9. The summed E-state index contributed by atoms with van der Waals surface area (Å²) in [6, 6.07) is 3.21. The molecule has 7 fully saturated rings. The van der Waals surface area contributed by atoms with Gasteiger partial charge in [0.15, 0.2) is 116 Å². The lowest BCUT2D eigenvalue weighted by Gasteiger charge is -3.25. The molecule has 16 heteroatoms. The quantitative estimate of drug-likeness (QED) is 0.0848. The van der Waals surface area contributed by atoms with Crippen molar-refractivity contribution in [3.63, 3.8) is 0 Å². The average Bonchev–Trinajstić information content (AvgIpc) is 3.05. The molecule has 7 rings (SSSR count). The van der Waals surface area contributed by atoms with Crippen molar-refractivity contribution in [2.24, 2.45) is 23.7 Å². The summed E-state index contributed by atoms with van der Waals surface area (Å²) in [5, 5.41) is 0. The summed E-state index contributed by atoms with van der Waals surface area (Å²) < 4.78 is 63.6. The van der Waals surface area contributed by atoms with Gasteiger partial charge in [-0.25, -0.2) is 0 Å². The maximum Gasteiger partial charge on any atom is 0.188 e. The predicted octanol–water partition coefficient (Wildman–Crippen LogP) is 8.31. The van der Waals surface area contributed by atoms with Gasteiger partial charge in [0.25, 0.3) is 0 Å². The molecule has 12 unspecified atom stereocenters. The van der Waals surface area contributed by atoms with Gasteiger partial charge in [-0.05, 0) is 120 Å². The smallest absolute Gasteiger partial charge is 0.188 e. The molecule has 0 amide bonds. The van der Waals surface area contributed by atoms with Gasteiger partial charge in [0.1, 0.15) is 0 Å². The second kappa shape index (κ2) is 14.2. The Morgan fingerprint density at radius 1 is 0.393 bits per heavy atom. The molecule has 326 valence electrons. The fourth-order valence-electron chi connectivity index (χ4n) is 15.0. The number of rotatable bonds is 25. The molecule has 7 aliphatic carbocycles. The molecule has 0 N–H and O–H groups in total. The molecule has 0 spiro atoms. The molecule has 0 radical (unpaired) electrons.